The summed E-state index contributed by atoms with van der Waals surface area (Å²) in [5.41, 5.74) is 0. The van der Waals surface area contributed by atoms with Crippen molar-refractivity contribution in [1.29, 1.82) is 0 Å². The molecular formula is C10H9F4NO4S. The van der Waals surface area contributed by atoms with Crippen molar-refractivity contribution in [1.82, 2.24) is 4.31 Å². The summed E-state index contributed by atoms with van der Waals surface area (Å²) in [5.74, 6) is -2.72. The van der Waals surface area contributed by atoms with Gasteiger partial charge in [-0.2, -0.15) is 17.5 Å². The third kappa shape index (κ3) is 4.46. The molecule has 5 nitrogen and oxygen atoms in total. The Morgan fingerprint density at radius 3 is 2.35 bits per heavy atom. The molecule has 1 aromatic carbocycles. The van der Waals surface area contributed by atoms with Crippen molar-refractivity contribution in [2.45, 2.75) is 11.1 Å². The van der Waals surface area contributed by atoms with E-state index in [0.29, 0.717) is 6.07 Å². The molecule has 0 aliphatic heterocycles. The summed E-state index contributed by atoms with van der Waals surface area (Å²) in [6, 6.07) is 3.29. The molecule has 1 aromatic rings. The Kier molecular flexibility index (Phi) is 4.71. The Hall–Kier alpha value is -1.68. The quantitative estimate of drug-likeness (QED) is 0.835. The molecule has 0 fully saturated rings. The van der Waals surface area contributed by atoms with E-state index in [1.807, 2.05) is 0 Å². The van der Waals surface area contributed by atoms with Crippen LogP contribution in [0.4, 0.5) is 17.6 Å². The van der Waals surface area contributed by atoms with Gasteiger partial charge in [-0.1, -0.05) is 6.07 Å². The van der Waals surface area contributed by atoms with E-state index in [2.05, 4.69) is 0 Å². The van der Waals surface area contributed by atoms with Gasteiger partial charge in [-0.3, -0.25) is 4.79 Å². The number of nitrogens with zero attached hydrogens (tertiary/aromatic N) is 1. The highest BCUT2D eigenvalue weighted by atomic mass is 32.2. The predicted octanol–water partition coefficient (Wildman–Crippen LogP) is 1.46. The van der Waals surface area contributed by atoms with Crippen LogP contribution in [0.2, 0.25) is 0 Å². The Morgan fingerprint density at radius 1 is 1.30 bits per heavy atom. The Labute approximate surface area is 111 Å². The van der Waals surface area contributed by atoms with E-state index in [-0.39, 0.29) is 4.31 Å². The maximum absolute atomic E-state index is 12.9. The second kappa shape index (κ2) is 5.75. The second-order valence-corrected chi connectivity index (χ2v) is 5.68. The van der Waals surface area contributed by atoms with Crippen molar-refractivity contribution in [3.63, 3.8) is 0 Å². The molecule has 0 spiro atoms. The fourth-order valence-electron chi connectivity index (χ4n) is 1.35. The van der Waals surface area contributed by atoms with Gasteiger partial charge in [0.25, 0.3) is 0 Å². The monoisotopic (exact) mass is 315 g/mol. The van der Waals surface area contributed by atoms with Crippen LogP contribution < -0.4 is 0 Å². The first kappa shape index (κ1) is 16.4. The van der Waals surface area contributed by atoms with E-state index < -0.39 is 46.0 Å². The largest absolute Gasteiger partial charge is 0.480 e. The topological polar surface area (TPSA) is 74.7 Å². The minimum absolute atomic E-state index is 0.274. The molecule has 0 saturated heterocycles. The highest BCUT2D eigenvalue weighted by molar-refractivity contribution is 7.89. The first-order valence-electron chi connectivity index (χ1n) is 5.06. The highest BCUT2D eigenvalue weighted by Gasteiger charge is 2.38. The molecule has 0 saturated carbocycles. The van der Waals surface area contributed by atoms with Gasteiger partial charge in [0.05, 0.1) is 4.90 Å². The molecule has 0 bridgehead atoms. The molecule has 0 aliphatic carbocycles. The normalized spacial score (nSPS) is 12.7. The van der Waals surface area contributed by atoms with Gasteiger partial charge in [0.15, 0.2) is 0 Å². The van der Waals surface area contributed by atoms with Gasteiger partial charge in [-0.15, -0.1) is 0 Å². The number of carboxylic acids is 1. The highest BCUT2D eigenvalue weighted by Crippen LogP contribution is 2.22. The van der Waals surface area contributed by atoms with Crippen LogP contribution in [-0.4, -0.2) is 43.1 Å². The van der Waals surface area contributed by atoms with Crippen LogP contribution in [0.3, 0.4) is 0 Å². The van der Waals surface area contributed by atoms with Crippen LogP contribution >= 0.6 is 0 Å². The van der Waals surface area contributed by atoms with E-state index in [4.69, 9.17) is 5.11 Å². The standard InChI is InChI=1S/C10H9F4NO4S/c11-7-2-1-3-8(4-7)20(18,19)15(5-9(16)17)6-10(12,13)14/h1-4H,5-6H2,(H,16,17). The summed E-state index contributed by atoms with van der Waals surface area (Å²) in [6.45, 7) is -3.35. The van der Waals surface area contributed by atoms with Crippen LogP contribution in [0, 0.1) is 5.82 Å². The van der Waals surface area contributed by atoms with Gasteiger partial charge in [0.2, 0.25) is 10.0 Å². The second-order valence-electron chi connectivity index (χ2n) is 3.74. The molecule has 10 heteroatoms. The number of carboxylic acid groups (broad SMARTS) is 1. The van der Waals surface area contributed by atoms with Crippen LogP contribution in [-0.2, 0) is 14.8 Å². The van der Waals surface area contributed by atoms with Crippen LogP contribution in [0.15, 0.2) is 29.2 Å². The fourth-order valence-corrected chi connectivity index (χ4v) is 2.76. The number of halogens is 4. The van der Waals surface area contributed by atoms with Crippen molar-refractivity contribution < 1.29 is 35.9 Å². The average Bonchev–Trinajstić information content (AvgIpc) is 2.25. The lowest BCUT2D eigenvalue weighted by Crippen LogP contribution is -2.41. The third-order valence-electron chi connectivity index (χ3n) is 2.10. The SMILES string of the molecule is O=C(O)CN(CC(F)(F)F)S(=O)(=O)c1cccc(F)c1. The van der Waals surface area contributed by atoms with Crippen molar-refractivity contribution in [3.05, 3.63) is 30.1 Å². The number of benzene rings is 1. The maximum atomic E-state index is 12.9. The minimum atomic E-state index is -4.92. The van der Waals surface area contributed by atoms with Crippen LogP contribution in [0.5, 0.6) is 0 Å². The molecule has 20 heavy (non-hydrogen) atoms. The van der Waals surface area contributed by atoms with Gasteiger partial charge in [0.1, 0.15) is 18.9 Å². The Bertz CT molecular complexity index is 600. The predicted molar refractivity (Wildman–Crippen MR) is 58.8 cm³/mol. The lowest BCUT2D eigenvalue weighted by Gasteiger charge is -2.21. The number of sulfonamides is 1. The van der Waals surface area contributed by atoms with Gasteiger partial charge >= 0.3 is 12.1 Å². The van der Waals surface area contributed by atoms with Crippen molar-refractivity contribution in [2.75, 3.05) is 13.1 Å². The molecule has 0 unspecified atom stereocenters. The van der Waals surface area contributed by atoms with E-state index in [1.54, 1.807) is 0 Å². The first-order valence-corrected chi connectivity index (χ1v) is 6.50. The zero-order valence-electron chi connectivity index (χ0n) is 9.76. The number of hydrogen-bond acceptors (Lipinski definition) is 3. The van der Waals surface area contributed by atoms with E-state index in [9.17, 15) is 30.8 Å². The zero-order chi connectivity index (χ0) is 15.6. The van der Waals surface area contributed by atoms with Gasteiger partial charge < -0.3 is 5.11 Å². The van der Waals surface area contributed by atoms with E-state index in [0.717, 1.165) is 18.2 Å². The number of hydrogen-bond donors (Lipinski definition) is 1. The average molecular weight is 315 g/mol. The summed E-state index contributed by atoms with van der Waals surface area (Å²) in [6.07, 6.45) is -4.92. The lowest BCUT2D eigenvalue weighted by molar-refractivity contribution is -0.146. The van der Waals surface area contributed by atoms with E-state index >= 15 is 0 Å². The zero-order valence-corrected chi connectivity index (χ0v) is 10.6. The van der Waals surface area contributed by atoms with Gasteiger partial charge in [-0.25, -0.2) is 12.8 Å². The maximum Gasteiger partial charge on any atom is 0.402 e. The van der Waals surface area contributed by atoms with Gasteiger partial charge in [-0.05, 0) is 18.2 Å². The van der Waals surface area contributed by atoms with Crippen molar-refractivity contribution >= 4 is 16.0 Å². The summed E-state index contributed by atoms with van der Waals surface area (Å²) < 4.78 is 73.4. The molecule has 1 N–H and O–H groups in total. The smallest absolute Gasteiger partial charge is 0.402 e. The van der Waals surface area contributed by atoms with Crippen LogP contribution in [0.25, 0.3) is 0 Å². The summed E-state index contributed by atoms with van der Waals surface area (Å²) in [4.78, 5) is 9.75. The molecule has 1 rings (SSSR count). The van der Waals surface area contributed by atoms with Crippen LogP contribution in [0.1, 0.15) is 0 Å². The lowest BCUT2D eigenvalue weighted by atomic mass is 10.4. The van der Waals surface area contributed by atoms with Gasteiger partial charge in [0, 0.05) is 0 Å². The third-order valence-corrected chi connectivity index (χ3v) is 3.89. The number of rotatable bonds is 5. The molecule has 0 heterocycles. The first-order chi connectivity index (χ1) is 9.02. The molecule has 0 aliphatic rings. The Balaban J connectivity index is 3.20. The molecule has 112 valence electrons. The summed E-state index contributed by atoms with van der Waals surface area (Å²) in [5, 5.41) is 8.50. The molecule has 0 aromatic heterocycles. The molecule has 0 radical (unpaired) electrons. The van der Waals surface area contributed by atoms with Crippen molar-refractivity contribution in [2.24, 2.45) is 0 Å². The number of alkyl halides is 3. The fraction of sp³-hybridized carbons (Fsp3) is 0.300. The number of aliphatic carboxylic acids is 1. The number of carbonyl (C=O) groups is 1. The summed E-state index contributed by atoms with van der Waals surface area (Å²) in [7, 11) is -4.76. The van der Waals surface area contributed by atoms with E-state index in [1.165, 1.54) is 0 Å². The van der Waals surface area contributed by atoms with Crippen molar-refractivity contribution in [3.8, 4) is 0 Å². The molecule has 0 atom stereocenters. The minimum Gasteiger partial charge on any atom is -0.480 e. The molecular weight excluding hydrogens is 306 g/mol. The summed E-state index contributed by atoms with van der Waals surface area (Å²) >= 11 is 0. The Morgan fingerprint density at radius 2 is 1.90 bits per heavy atom. The molecule has 0 amide bonds.